The molecule has 134 valence electrons. The van der Waals surface area contributed by atoms with Crippen LogP contribution in [-0.2, 0) is 6.54 Å². The number of benzene rings is 2. The summed E-state index contributed by atoms with van der Waals surface area (Å²) in [6.45, 7) is 0.578. The average molecular weight is 353 g/mol. The lowest BCUT2D eigenvalue weighted by Gasteiger charge is -2.16. The van der Waals surface area contributed by atoms with Crippen molar-refractivity contribution in [3.63, 3.8) is 0 Å². The zero-order valence-corrected chi connectivity index (χ0v) is 13.9. The SMILES string of the molecule is NC(=O)c1ccccc1CNC[C@H](O)c1ccc(O)c2[nH]c(=O)ccc12. The van der Waals surface area contributed by atoms with Crippen molar-refractivity contribution < 1.29 is 15.0 Å². The molecule has 7 nitrogen and oxygen atoms in total. The number of nitrogens with one attached hydrogen (secondary N) is 2. The third-order valence-corrected chi connectivity index (χ3v) is 4.20. The molecule has 0 unspecified atom stereocenters. The van der Waals surface area contributed by atoms with Crippen LogP contribution in [0.3, 0.4) is 0 Å². The van der Waals surface area contributed by atoms with E-state index >= 15 is 0 Å². The number of amides is 1. The predicted octanol–water partition coefficient (Wildman–Crippen LogP) is 1.16. The number of nitrogens with two attached hydrogens (primary N) is 1. The quantitative estimate of drug-likeness (QED) is 0.454. The molecule has 7 heteroatoms. The number of carbonyl (C=O) groups excluding carboxylic acids is 1. The van der Waals surface area contributed by atoms with Gasteiger partial charge in [0.05, 0.1) is 11.6 Å². The number of aromatic hydroxyl groups is 1. The van der Waals surface area contributed by atoms with Gasteiger partial charge in [-0.25, -0.2) is 0 Å². The third kappa shape index (κ3) is 3.58. The van der Waals surface area contributed by atoms with Gasteiger partial charge in [-0.3, -0.25) is 9.59 Å². The van der Waals surface area contributed by atoms with Crippen molar-refractivity contribution in [2.24, 2.45) is 5.73 Å². The molecule has 1 amide bonds. The van der Waals surface area contributed by atoms with Crippen molar-refractivity contribution in [1.82, 2.24) is 10.3 Å². The normalized spacial score (nSPS) is 12.2. The molecular formula is C19H19N3O4. The van der Waals surface area contributed by atoms with Crippen LogP contribution in [0, 0.1) is 0 Å². The summed E-state index contributed by atoms with van der Waals surface area (Å²) in [5.74, 6) is -0.562. The maximum atomic E-state index is 11.5. The standard InChI is InChI=1S/C19H19N3O4/c20-19(26)12-4-2-1-3-11(12)9-21-10-16(24)13-5-7-15(23)18-14(13)6-8-17(25)22-18/h1-8,16,21,23-24H,9-10H2,(H2,20,26)(H,22,25)/t16-/m0/s1. The van der Waals surface area contributed by atoms with Crippen molar-refractivity contribution >= 4 is 16.8 Å². The van der Waals surface area contributed by atoms with E-state index in [0.717, 1.165) is 5.56 Å². The molecule has 0 radical (unpaired) electrons. The molecule has 1 aromatic heterocycles. The lowest BCUT2D eigenvalue weighted by molar-refractivity contribution is 0.0999. The van der Waals surface area contributed by atoms with Crippen LogP contribution in [0.1, 0.15) is 27.6 Å². The number of phenols is 1. The van der Waals surface area contributed by atoms with E-state index in [1.807, 2.05) is 6.07 Å². The molecule has 0 aliphatic heterocycles. The lowest BCUT2D eigenvalue weighted by Crippen LogP contribution is -2.23. The van der Waals surface area contributed by atoms with Gasteiger partial charge >= 0.3 is 0 Å². The smallest absolute Gasteiger partial charge is 0.249 e. The summed E-state index contributed by atoms with van der Waals surface area (Å²) >= 11 is 0. The van der Waals surface area contributed by atoms with Crippen molar-refractivity contribution in [1.29, 1.82) is 0 Å². The summed E-state index contributed by atoms with van der Waals surface area (Å²) in [6, 6.07) is 12.9. The fourth-order valence-corrected chi connectivity index (χ4v) is 2.92. The molecule has 0 bridgehead atoms. The molecule has 1 heterocycles. The van der Waals surface area contributed by atoms with Gasteiger partial charge in [0.1, 0.15) is 5.75 Å². The molecule has 0 aliphatic rings. The van der Waals surface area contributed by atoms with Crippen molar-refractivity contribution in [3.05, 3.63) is 75.6 Å². The number of fused-ring (bicyclic) bond motifs is 1. The number of carbonyl (C=O) groups is 1. The average Bonchev–Trinajstić information content (AvgIpc) is 2.62. The van der Waals surface area contributed by atoms with Crippen LogP contribution in [-0.4, -0.2) is 27.6 Å². The van der Waals surface area contributed by atoms with E-state index in [9.17, 15) is 19.8 Å². The van der Waals surface area contributed by atoms with Crippen LogP contribution < -0.4 is 16.6 Å². The second-order valence-corrected chi connectivity index (χ2v) is 5.95. The second kappa shape index (κ2) is 7.38. The zero-order chi connectivity index (χ0) is 18.7. The highest BCUT2D eigenvalue weighted by atomic mass is 16.3. The Morgan fingerprint density at radius 2 is 1.92 bits per heavy atom. The molecule has 0 fully saturated rings. The molecular weight excluding hydrogens is 334 g/mol. The van der Waals surface area contributed by atoms with Gasteiger partial charge in [0, 0.05) is 30.1 Å². The number of aliphatic hydroxyl groups is 1. The van der Waals surface area contributed by atoms with E-state index in [0.29, 0.717) is 23.1 Å². The summed E-state index contributed by atoms with van der Waals surface area (Å²) < 4.78 is 0. The molecule has 6 N–H and O–H groups in total. The Balaban J connectivity index is 1.76. The Morgan fingerprint density at radius 1 is 1.15 bits per heavy atom. The lowest BCUT2D eigenvalue weighted by atomic mass is 10.0. The van der Waals surface area contributed by atoms with Crippen molar-refractivity contribution in [2.45, 2.75) is 12.6 Å². The molecule has 0 aliphatic carbocycles. The van der Waals surface area contributed by atoms with Crippen LogP contribution in [0.2, 0.25) is 0 Å². The highest BCUT2D eigenvalue weighted by Crippen LogP contribution is 2.28. The molecule has 2 aromatic carbocycles. The third-order valence-electron chi connectivity index (χ3n) is 4.20. The number of aromatic amines is 1. The topological polar surface area (TPSA) is 128 Å². The Kier molecular flexibility index (Phi) is 5.01. The largest absolute Gasteiger partial charge is 0.506 e. The molecule has 0 saturated carbocycles. The number of aliphatic hydroxyl groups excluding tert-OH is 1. The van der Waals surface area contributed by atoms with E-state index in [2.05, 4.69) is 10.3 Å². The summed E-state index contributed by atoms with van der Waals surface area (Å²) in [5.41, 5.74) is 7.06. The summed E-state index contributed by atoms with van der Waals surface area (Å²) in [6.07, 6.45) is -0.871. The number of pyridine rings is 1. The van der Waals surface area contributed by atoms with Gasteiger partial charge < -0.3 is 26.2 Å². The summed E-state index contributed by atoms with van der Waals surface area (Å²) in [4.78, 5) is 25.5. The van der Waals surface area contributed by atoms with Gasteiger partial charge in [-0.05, 0) is 29.3 Å². The predicted molar refractivity (Wildman–Crippen MR) is 97.9 cm³/mol. The fourth-order valence-electron chi connectivity index (χ4n) is 2.92. The van der Waals surface area contributed by atoms with E-state index in [4.69, 9.17) is 5.73 Å². The number of primary amides is 1. The summed E-state index contributed by atoms with van der Waals surface area (Å²) in [7, 11) is 0. The molecule has 3 rings (SSSR count). The number of phenolic OH excluding ortho intramolecular Hbond substituents is 1. The van der Waals surface area contributed by atoms with Gasteiger partial charge in [0.15, 0.2) is 0 Å². The maximum Gasteiger partial charge on any atom is 0.249 e. The minimum absolute atomic E-state index is 0.0583. The Hall–Kier alpha value is -3.16. The zero-order valence-electron chi connectivity index (χ0n) is 13.9. The Labute approximate surface area is 149 Å². The first-order valence-corrected chi connectivity index (χ1v) is 8.09. The van der Waals surface area contributed by atoms with Gasteiger partial charge in [-0.1, -0.05) is 24.3 Å². The van der Waals surface area contributed by atoms with E-state index in [1.165, 1.54) is 12.1 Å². The second-order valence-electron chi connectivity index (χ2n) is 5.95. The van der Waals surface area contributed by atoms with E-state index in [1.54, 1.807) is 30.3 Å². The molecule has 0 saturated heterocycles. The molecule has 3 aromatic rings. The van der Waals surface area contributed by atoms with Crippen LogP contribution in [0.5, 0.6) is 5.75 Å². The van der Waals surface area contributed by atoms with Crippen molar-refractivity contribution in [2.75, 3.05) is 6.54 Å². The maximum absolute atomic E-state index is 11.5. The van der Waals surface area contributed by atoms with Crippen LogP contribution >= 0.6 is 0 Å². The number of aromatic nitrogens is 1. The van der Waals surface area contributed by atoms with Crippen LogP contribution in [0.15, 0.2) is 53.3 Å². The minimum Gasteiger partial charge on any atom is -0.506 e. The van der Waals surface area contributed by atoms with Gasteiger partial charge in [0.25, 0.3) is 0 Å². The van der Waals surface area contributed by atoms with Crippen LogP contribution in [0.25, 0.3) is 10.9 Å². The van der Waals surface area contributed by atoms with Gasteiger partial charge in [0.2, 0.25) is 11.5 Å². The highest BCUT2D eigenvalue weighted by Gasteiger charge is 2.14. The number of H-pyrrole nitrogens is 1. The number of rotatable bonds is 6. The molecule has 26 heavy (non-hydrogen) atoms. The van der Waals surface area contributed by atoms with E-state index in [-0.39, 0.29) is 23.4 Å². The monoisotopic (exact) mass is 353 g/mol. The molecule has 1 atom stereocenters. The van der Waals surface area contributed by atoms with Crippen LogP contribution in [0.4, 0.5) is 0 Å². The first-order chi connectivity index (χ1) is 12.5. The Bertz CT molecular complexity index is 1010. The molecule has 0 spiro atoms. The summed E-state index contributed by atoms with van der Waals surface area (Å²) in [5, 5.41) is 24.1. The first-order valence-electron chi connectivity index (χ1n) is 8.09. The first kappa shape index (κ1) is 17.7. The van der Waals surface area contributed by atoms with E-state index < -0.39 is 12.0 Å². The Morgan fingerprint density at radius 3 is 2.69 bits per heavy atom. The number of hydrogen-bond donors (Lipinski definition) is 5. The van der Waals surface area contributed by atoms with Gasteiger partial charge in [-0.15, -0.1) is 0 Å². The highest BCUT2D eigenvalue weighted by molar-refractivity contribution is 5.94. The van der Waals surface area contributed by atoms with Gasteiger partial charge in [-0.2, -0.15) is 0 Å². The number of hydrogen-bond acceptors (Lipinski definition) is 5. The van der Waals surface area contributed by atoms with Crippen molar-refractivity contribution in [3.8, 4) is 5.75 Å². The minimum atomic E-state index is -0.871. The fraction of sp³-hybridized carbons (Fsp3) is 0.158.